The highest BCUT2D eigenvalue weighted by Crippen LogP contribution is 2.25. The fraction of sp³-hybridized carbons (Fsp3) is 0.600. The molecule has 0 amide bonds. The lowest BCUT2D eigenvalue weighted by Gasteiger charge is -2.27. The second-order valence-electron chi connectivity index (χ2n) is 4.99. The molecule has 20 heavy (non-hydrogen) atoms. The van der Waals surface area contributed by atoms with E-state index in [0.717, 1.165) is 38.3 Å². The lowest BCUT2D eigenvalue weighted by Crippen LogP contribution is -2.44. The van der Waals surface area contributed by atoms with E-state index in [-0.39, 0.29) is 12.4 Å². The molecule has 1 aromatic carbocycles. The standard InChI is InChI=1S/C15H23FN2O2/c1-19-11-13-14(20-2)4-3-12(15(13)16)5-8-18-9-6-17-7-10-18/h3-4,17H,5-11H2,1-2H3. The molecule has 1 fully saturated rings. The third-order valence-corrected chi connectivity index (χ3v) is 3.70. The van der Waals surface area contributed by atoms with Crippen LogP contribution in [-0.2, 0) is 17.8 Å². The molecule has 0 bridgehead atoms. The van der Waals surface area contributed by atoms with Crippen LogP contribution >= 0.6 is 0 Å². The first-order valence-corrected chi connectivity index (χ1v) is 7.02. The second-order valence-corrected chi connectivity index (χ2v) is 4.99. The maximum Gasteiger partial charge on any atom is 0.135 e. The Morgan fingerprint density at radius 3 is 2.65 bits per heavy atom. The zero-order chi connectivity index (χ0) is 14.4. The third kappa shape index (κ3) is 3.69. The minimum Gasteiger partial charge on any atom is -0.496 e. The Bertz CT molecular complexity index is 434. The van der Waals surface area contributed by atoms with Crippen molar-refractivity contribution < 1.29 is 13.9 Å². The summed E-state index contributed by atoms with van der Waals surface area (Å²) < 4.78 is 24.7. The van der Waals surface area contributed by atoms with Crippen LogP contribution in [0.1, 0.15) is 11.1 Å². The van der Waals surface area contributed by atoms with E-state index in [2.05, 4.69) is 10.2 Å². The summed E-state index contributed by atoms with van der Waals surface area (Å²) in [6, 6.07) is 3.64. The van der Waals surface area contributed by atoms with Crippen LogP contribution in [0.25, 0.3) is 0 Å². The van der Waals surface area contributed by atoms with Gasteiger partial charge < -0.3 is 19.7 Å². The number of methoxy groups -OCH3 is 2. The van der Waals surface area contributed by atoms with Crippen molar-refractivity contribution in [3.05, 3.63) is 29.1 Å². The van der Waals surface area contributed by atoms with E-state index in [1.807, 2.05) is 12.1 Å². The van der Waals surface area contributed by atoms with Gasteiger partial charge in [-0.3, -0.25) is 0 Å². The summed E-state index contributed by atoms with van der Waals surface area (Å²) in [5, 5.41) is 3.32. The van der Waals surface area contributed by atoms with E-state index in [4.69, 9.17) is 9.47 Å². The van der Waals surface area contributed by atoms with Gasteiger partial charge >= 0.3 is 0 Å². The number of hydrogen-bond acceptors (Lipinski definition) is 4. The van der Waals surface area contributed by atoms with Gasteiger partial charge in [0.05, 0.1) is 19.3 Å². The molecule has 4 nitrogen and oxygen atoms in total. The Hall–Kier alpha value is -1.17. The molecule has 5 heteroatoms. The van der Waals surface area contributed by atoms with Gasteiger partial charge in [0.1, 0.15) is 11.6 Å². The van der Waals surface area contributed by atoms with Crippen LogP contribution in [-0.4, -0.2) is 51.8 Å². The summed E-state index contributed by atoms with van der Waals surface area (Å²) in [6.07, 6.45) is 0.715. The Labute approximate surface area is 119 Å². The molecule has 0 saturated carbocycles. The molecule has 2 rings (SSSR count). The fourth-order valence-electron chi connectivity index (χ4n) is 2.53. The molecule has 1 aliphatic rings. The van der Waals surface area contributed by atoms with E-state index in [1.165, 1.54) is 0 Å². The van der Waals surface area contributed by atoms with Crippen molar-refractivity contribution in [1.29, 1.82) is 0 Å². The van der Waals surface area contributed by atoms with Crippen molar-refractivity contribution in [3.8, 4) is 5.75 Å². The smallest absolute Gasteiger partial charge is 0.135 e. The molecule has 1 aromatic rings. The van der Waals surface area contributed by atoms with E-state index < -0.39 is 0 Å². The van der Waals surface area contributed by atoms with Gasteiger partial charge in [-0.25, -0.2) is 4.39 Å². The maximum atomic E-state index is 14.5. The predicted molar refractivity (Wildman–Crippen MR) is 76.7 cm³/mol. The van der Waals surface area contributed by atoms with Crippen LogP contribution in [0.5, 0.6) is 5.75 Å². The Balaban J connectivity index is 2.05. The molecule has 1 N–H and O–H groups in total. The van der Waals surface area contributed by atoms with Crippen molar-refractivity contribution in [1.82, 2.24) is 10.2 Å². The van der Waals surface area contributed by atoms with E-state index in [1.54, 1.807) is 14.2 Å². The Morgan fingerprint density at radius 1 is 1.25 bits per heavy atom. The molecule has 0 unspecified atom stereocenters. The lowest BCUT2D eigenvalue weighted by atomic mass is 10.1. The number of benzene rings is 1. The minimum atomic E-state index is -0.193. The zero-order valence-corrected chi connectivity index (χ0v) is 12.2. The molecule has 0 atom stereocenters. The van der Waals surface area contributed by atoms with Gasteiger partial charge in [0.2, 0.25) is 0 Å². The van der Waals surface area contributed by atoms with Crippen molar-refractivity contribution in [3.63, 3.8) is 0 Å². The monoisotopic (exact) mass is 282 g/mol. The van der Waals surface area contributed by atoms with Gasteiger partial charge in [0.15, 0.2) is 0 Å². The number of piperazine rings is 1. The number of nitrogens with one attached hydrogen (secondary N) is 1. The van der Waals surface area contributed by atoms with Crippen LogP contribution in [0.2, 0.25) is 0 Å². The van der Waals surface area contributed by atoms with Gasteiger partial charge in [-0.2, -0.15) is 0 Å². The van der Waals surface area contributed by atoms with E-state index >= 15 is 0 Å². The first-order valence-electron chi connectivity index (χ1n) is 7.02. The van der Waals surface area contributed by atoms with Gasteiger partial charge in [-0.1, -0.05) is 6.07 Å². The van der Waals surface area contributed by atoms with Crippen molar-refractivity contribution >= 4 is 0 Å². The number of halogens is 1. The van der Waals surface area contributed by atoms with Crippen LogP contribution in [0.3, 0.4) is 0 Å². The van der Waals surface area contributed by atoms with Gasteiger partial charge in [0.25, 0.3) is 0 Å². The van der Waals surface area contributed by atoms with Gasteiger partial charge in [-0.15, -0.1) is 0 Å². The average molecular weight is 282 g/mol. The quantitative estimate of drug-likeness (QED) is 0.856. The highest BCUT2D eigenvalue weighted by atomic mass is 19.1. The molecular weight excluding hydrogens is 259 g/mol. The zero-order valence-electron chi connectivity index (χ0n) is 12.2. The number of hydrogen-bond donors (Lipinski definition) is 1. The van der Waals surface area contributed by atoms with Crippen molar-refractivity contribution in [2.45, 2.75) is 13.0 Å². The summed E-state index contributed by atoms with van der Waals surface area (Å²) in [6.45, 7) is 5.21. The summed E-state index contributed by atoms with van der Waals surface area (Å²) >= 11 is 0. The molecule has 112 valence electrons. The molecule has 1 heterocycles. The molecule has 1 saturated heterocycles. The van der Waals surface area contributed by atoms with Crippen LogP contribution in [0, 0.1) is 5.82 Å². The molecular formula is C15H23FN2O2. The Morgan fingerprint density at radius 2 is 2.00 bits per heavy atom. The SMILES string of the molecule is COCc1c(OC)ccc(CCN2CCNCC2)c1F. The van der Waals surface area contributed by atoms with E-state index in [9.17, 15) is 4.39 Å². The predicted octanol–water partition coefficient (Wildman–Crippen LogP) is 1.43. The topological polar surface area (TPSA) is 33.7 Å². The highest BCUT2D eigenvalue weighted by molar-refractivity contribution is 5.38. The molecule has 0 aliphatic carbocycles. The summed E-state index contributed by atoms with van der Waals surface area (Å²) in [5.41, 5.74) is 1.24. The van der Waals surface area contributed by atoms with Gasteiger partial charge in [0, 0.05) is 39.8 Å². The fourth-order valence-corrected chi connectivity index (χ4v) is 2.53. The number of rotatable bonds is 6. The maximum absolute atomic E-state index is 14.5. The van der Waals surface area contributed by atoms with Crippen molar-refractivity contribution in [2.24, 2.45) is 0 Å². The second kappa shape index (κ2) is 7.57. The average Bonchev–Trinajstić information content (AvgIpc) is 2.49. The number of ether oxygens (including phenoxy) is 2. The molecule has 0 aromatic heterocycles. The molecule has 0 spiro atoms. The van der Waals surface area contributed by atoms with Crippen LogP contribution in [0.4, 0.5) is 4.39 Å². The van der Waals surface area contributed by atoms with E-state index in [0.29, 0.717) is 17.7 Å². The minimum absolute atomic E-state index is 0.193. The van der Waals surface area contributed by atoms with Crippen molar-refractivity contribution in [2.75, 3.05) is 46.9 Å². The Kier molecular flexibility index (Phi) is 5.76. The highest BCUT2D eigenvalue weighted by Gasteiger charge is 2.15. The van der Waals surface area contributed by atoms with Crippen LogP contribution in [0.15, 0.2) is 12.1 Å². The van der Waals surface area contributed by atoms with Gasteiger partial charge in [-0.05, 0) is 18.1 Å². The molecule has 0 radical (unpaired) electrons. The molecule has 1 aliphatic heterocycles. The first kappa shape index (κ1) is 15.2. The van der Waals surface area contributed by atoms with Crippen LogP contribution < -0.4 is 10.1 Å². The first-order chi connectivity index (χ1) is 9.76. The number of nitrogens with zero attached hydrogens (tertiary/aromatic N) is 1. The normalized spacial score (nSPS) is 16.4. The largest absolute Gasteiger partial charge is 0.496 e. The third-order valence-electron chi connectivity index (χ3n) is 3.70. The summed E-state index contributed by atoms with van der Waals surface area (Å²) in [5.74, 6) is 0.358. The lowest BCUT2D eigenvalue weighted by molar-refractivity contribution is 0.177. The summed E-state index contributed by atoms with van der Waals surface area (Å²) in [4.78, 5) is 2.36. The summed E-state index contributed by atoms with van der Waals surface area (Å²) in [7, 11) is 3.11.